The zero-order valence-corrected chi connectivity index (χ0v) is 9.01. The van der Waals surface area contributed by atoms with E-state index < -0.39 is 7.60 Å². The van der Waals surface area contributed by atoms with Crippen LogP contribution in [0, 0.1) is 0 Å². The quantitative estimate of drug-likeness (QED) is 0.681. The van der Waals surface area contributed by atoms with E-state index in [-0.39, 0.29) is 18.5 Å². The molecule has 0 fully saturated rings. The summed E-state index contributed by atoms with van der Waals surface area (Å²) in [5, 5.41) is 0. The molecule has 0 aliphatic rings. The normalized spacial score (nSPS) is 12.9. The maximum absolute atomic E-state index is 11.6. The smallest absolute Gasteiger partial charge is 0.320 e. The van der Waals surface area contributed by atoms with Crippen molar-refractivity contribution in [2.24, 2.45) is 5.73 Å². The van der Waals surface area contributed by atoms with E-state index in [0.717, 1.165) is 0 Å². The van der Waals surface area contributed by atoms with Crippen LogP contribution in [0.15, 0.2) is 0 Å². The van der Waals surface area contributed by atoms with Crippen molar-refractivity contribution in [3.8, 4) is 0 Å². The first-order valence-electron chi connectivity index (χ1n) is 4.05. The molecule has 0 heterocycles. The second kappa shape index (κ2) is 4.97. The van der Waals surface area contributed by atoms with Gasteiger partial charge >= 0.3 is 7.60 Å². The van der Waals surface area contributed by atoms with E-state index in [2.05, 4.69) is 0 Å². The third kappa shape index (κ3) is 4.88. The number of rotatable bonds is 5. The topological polar surface area (TPSA) is 61.5 Å². The zero-order chi connectivity index (χ0) is 9.78. The summed E-state index contributed by atoms with van der Waals surface area (Å²) >= 11 is 0. The molecule has 0 aromatic rings. The van der Waals surface area contributed by atoms with Gasteiger partial charge in [0.25, 0.3) is 0 Å². The van der Waals surface area contributed by atoms with Crippen LogP contribution >= 0.6 is 7.60 Å². The van der Waals surface area contributed by atoms with Gasteiger partial charge in [-0.25, -0.2) is 0 Å². The molecule has 0 bridgehead atoms. The van der Waals surface area contributed by atoms with Crippen LogP contribution < -0.4 is 5.73 Å². The molecule has 2 N–H and O–H groups in total. The third-order valence-electron chi connectivity index (χ3n) is 0.966. The van der Waals surface area contributed by atoms with E-state index in [9.17, 15) is 4.57 Å². The first-order chi connectivity index (χ1) is 5.39. The van der Waals surface area contributed by atoms with E-state index in [1.807, 2.05) is 0 Å². The van der Waals surface area contributed by atoms with Crippen LogP contribution in [0.3, 0.4) is 0 Å². The molecule has 0 radical (unpaired) electrons. The van der Waals surface area contributed by atoms with E-state index in [0.29, 0.717) is 0 Å². The fraction of sp³-hybridized carbons (Fsp3) is 1.00. The van der Waals surface area contributed by atoms with Gasteiger partial charge in [0.05, 0.1) is 18.5 Å². The molecule has 0 atom stereocenters. The fourth-order valence-corrected chi connectivity index (χ4v) is 2.26. The molecule has 0 amide bonds. The highest BCUT2D eigenvalue weighted by atomic mass is 31.2. The summed E-state index contributed by atoms with van der Waals surface area (Å²) in [6.45, 7) is 7.19. The molecule has 0 saturated heterocycles. The summed E-state index contributed by atoms with van der Waals surface area (Å²) in [6.07, 6.45) is -0.320. The lowest BCUT2D eigenvalue weighted by molar-refractivity contribution is 0.143. The van der Waals surface area contributed by atoms with Crippen molar-refractivity contribution in [1.29, 1.82) is 0 Å². The highest BCUT2D eigenvalue weighted by molar-refractivity contribution is 7.53. The SMILES string of the molecule is CC(C)OP(=O)(CN)OC(C)C. The van der Waals surface area contributed by atoms with Crippen molar-refractivity contribution >= 4 is 7.60 Å². The Morgan fingerprint density at radius 1 is 1.17 bits per heavy atom. The molecule has 0 spiro atoms. The van der Waals surface area contributed by atoms with Gasteiger partial charge in [0.2, 0.25) is 0 Å². The summed E-state index contributed by atoms with van der Waals surface area (Å²) in [4.78, 5) is 0. The Kier molecular flexibility index (Phi) is 5.02. The number of nitrogens with two attached hydrogens (primary N) is 1. The van der Waals surface area contributed by atoms with Crippen molar-refractivity contribution < 1.29 is 13.6 Å². The summed E-state index contributed by atoms with van der Waals surface area (Å²) in [7, 11) is -3.03. The number of hydrogen-bond acceptors (Lipinski definition) is 4. The molecule has 0 aliphatic carbocycles. The molecule has 0 aromatic carbocycles. The molecule has 74 valence electrons. The highest BCUT2D eigenvalue weighted by Gasteiger charge is 2.25. The second-order valence-corrected chi connectivity index (χ2v) is 5.11. The van der Waals surface area contributed by atoms with Crippen molar-refractivity contribution in [2.75, 3.05) is 6.29 Å². The van der Waals surface area contributed by atoms with Crippen molar-refractivity contribution in [2.45, 2.75) is 39.9 Å². The van der Waals surface area contributed by atoms with Crippen LogP contribution in [0.4, 0.5) is 0 Å². The highest BCUT2D eigenvalue weighted by Crippen LogP contribution is 2.48. The maximum atomic E-state index is 11.6. The van der Waals surface area contributed by atoms with Gasteiger partial charge in [-0.3, -0.25) is 4.57 Å². The lowest BCUT2D eigenvalue weighted by Gasteiger charge is -2.20. The standard InChI is InChI=1S/C7H18NO3P/c1-6(2)10-12(9,5-8)11-7(3)4/h6-7H,5,8H2,1-4H3. The van der Waals surface area contributed by atoms with Crippen LogP contribution in [-0.4, -0.2) is 18.5 Å². The first-order valence-corrected chi connectivity index (χ1v) is 5.78. The summed E-state index contributed by atoms with van der Waals surface area (Å²) < 4.78 is 21.8. The van der Waals surface area contributed by atoms with Crippen LogP contribution in [0.2, 0.25) is 0 Å². The van der Waals surface area contributed by atoms with Gasteiger partial charge in [-0.2, -0.15) is 0 Å². The minimum atomic E-state index is -3.03. The van der Waals surface area contributed by atoms with Gasteiger partial charge in [-0.05, 0) is 27.7 Å². The van der Waals surface area contributed by atoms with Gasteiger partial charge < -0.3 is 14.8 Å². The maximum Gasteiger partial charge on any atom is 0.344 e. The Bertz CT molecular complexity index is 156. The van der Waals surface area contributed by atoms with Gasteiger partial charge in [0, 0.05) is 0 Å². The predicted molar refractivity (Wildman–Crippen MR) is 49.1 cm³/mol. The fourth-order valence-electron chi connectivity index (χ4n) is 0.753. The molecule has 0 unspecified atom stereocenters. The summed E-state index contributed by atoms with van der Waals surface area (Å²) in [5.41, 5.74) is 5.29. The molecule has 0 saturated carbocycles. The van der Waals surface area contributed by atoms with Crippen LogP contribution in [0.1, 0.15) is 27.7 Å². The van der Waals surface area contributed by atoms with Gasteiger partial charge in [-0.1, -0.05) is 0 Å². The Morgan fingerprint density at radius 3 is 1.67 bits per heavy atom. The van der Waals surface area contributed by atoms with Crippen LogP contribution in [-0.2, 0) is 13.6 Å². The van der Waals surface area contributed by atoms with E-state index in [1.165, 1.54) is 0 Å². The predicted octanol–water partition coefficient (Wildman–Crippen LogP) is 1.95. The first kappa shape index (κ1) is 12.1. The molecule has 5 heteroatoms. The molecule has 4 nitrogen and oxygen atoms in total. The molecule has 0 aliphatic heterocycles. The monoisotopic (exact) mass is 195 g/mol. The van der Waals surface area contributed by atoms with Gasteiger partial charge in [0.1, 0.15) is 0 Å². The van der Waals surface area contributed by atoms with Gasteiger partial charge in [-0.15, -0.1) is 0 Å². The Hall–Kier alpha value is 0.110. The third-order valence-corrected chi connectivity index (χ3v) is 2.90. The van der Waals surface area contributed by atoms with Crippen LogP contribution in [0.5, 0.6) is 0 Å². The Morgan fingerprint density at radius 2 is 1.50 bits per heavy atom. The van der Waals surface area contributed by atoms with E-state index >= 15 is 0 Å². The summed E-state index contributed by atoms with van der Waals surface area (Å²) in [6, 6.07) is 0. The second-order valence-electron chi connectivity index (χ2n) is 3.10. The van der Waals surface area contributed by atoms with E-state index in [4.69, 9.17) is 14.8 Å². The van der Waals surface area contributed by atoms with Crippen molar-refractivity contribution in [3.05, 3.63) is 0 Å². The van der Waals surface area contributed by atoms with Crippen LogP contribution in [0.25, 0.3) is 0 Å². The minimum absolute atomic E-state index is 0.0661. The van der Waals surface area contributed by atoms with Crippen molar-refractivity contribution in [1.82, 2.24) is 0 Å². The van der Waals surface area contributed by atoms with E-state index in [1.54, 1.807) is 27.7 Å². The minimum Gasteiger partial charge on any atom is -0.320 e. The molecular weight excluding hydrogens is 177 g/mol. The molecule has 12 heavy (non-hydrogen) atoms. The van der Waals surface area contributed by atoms with Gasteiger partial charge in [0.15, 0.2) is 0 Å². The molecule has 0 rings (SSSR count). The van der Waals surface area contributed by atoms with Crippen molar-refractivity contribution in [3.63, 3.8) is 0 Å². The zero-order valence-electron chi connectivity index (χ0n) is 8.11. The Balaban J connectivity index is 4.15. The largest absolute Gasteiger partial charge is 0.344 e. The lowest BCUT2D eigenvalue weighted by Crippen LogP contribution is -2.14. The lowest BCUT2D eigenvalue weighted by atomic mass is 10.5. The summed E-state index contributed by atoms with van der Waals surface area (Å²) in [5.74, 6) is 0. The molecule has 0 aromatic heterocycles. The molecular formula is C7H18NO3P. The Labute approximate surface area is 74.0 Å². The average molecular weight is 195 g/mol. The number of hydrogen-bond donors (Lipinski definition) is 1. The average Bonchev–Trinajstić information content (AvgIpc) is 1.83.